The minimum atomic E-state index is 0.0585. The molecule has 0 bridgehead atoms. The number of rotatable bonds is 11. The van der Waals surface area contributed by atoms with Crippen LogP contribution in [-0.4, -0.2) is 48.9 Å². The second kappa shape index (κ2) is 10.5. The number of nitrogens with one attached hydrogen (secondary N) is 1. The number of unbranched alkanes of at least 4 members (excludes halogenated alkanes) is 3. The third-order valence-corrected chi connectivity index (χ3v) is 4.64. The summed E-state index contributed by atoms with van der Waals surface area (Å²) in [5, 5.41) is 2.93. The zero-order valence-electron chi connectivity index (χ0n) is 14.7. The van der Waals surface area contributed by atoms with Gasteiger partial charge in [-0.15, -0.1) is 0 Å². The molecule has 2 unspecified atom stereocenters. The van der Waals surface area contributed by atoms with Crippen LogP contribution in [0.4, 0.5) is 0 Å². The summed E-state index contributed by atoms with van der Waals surface area (Å²) in [6.45, 7) is 9.87. The van der Waals surface area contributed by atoms with Crippen molar-refractivity contribution in [2.24, 2.45) is 4.99 Å². The van der Waals surface area contributed by atoms with Gasteiger partial charge < -0.3 is 5.32 Å². The highest BCUT2D eigenvalue weighted by Crippen LogP contribution is 2.23. The summed E-state index contributed by atoms with van der Waals surface area (Å²) in [5.41, 5.74) is 0. The van der Waals surface area contributed by atoms with Gasteiger partial charge in [-0.3, -0.25) is 9.28 Å². The van der Waals surface area contributed by atoms with Gasteiger partial charge in [0.05, 0.1) is 25.8 Å². The Labute approximate surface area is 136 Å². The number of nitrogens with zero attached hydrogens (tertiary/aromatic N) is 2. The maximum absolute atomic E-state index is 11.1. The van der Waals surface area contributed by atoms with Crippen molar-refractivity contribution in [3.05, 3.63) is 12.2 Å². The first-order chi connectivity index (χ1) is 10.6. The molecule has 1 heterocycles. The minimum Gasteiger partial charge on any atom is -0.351 e. The quantitative estimate of drug-likeness (QED) is 0.355. The number of carbonyl (C=O) groups is 1. The van der Waals surface area contributed by atoms with Crippen molar-refractivity contribution < 1.29 is 9.28 Å². The van der Waals surface area contributed by atoms with Gasteiger partial charge in [-0.2, -0.15) is 0 Å². The van der Waals surface area contributed by atoms with Crippen LogP contribution in [0.2, 0.25) is 0 Å². The second-order valence-corrected chi connectivity index (χ2v) is 6.28. The predicted molar refractivity (Wildman–Crippen MR) is 94.0 cm³/mol. The van der Waals surface area contributed by atoms with E-state index in [1.54, 1.807) is 6.92 Å². The molecule has 0 aromatic heterocycles. The van der Waals surface area contributed by atoms with E-state index in [1.165, 1.54) is 25.7 Å². The van der Waals surface area contributed by atoms with Crippen molar-refractivity contribution in [1.82, 2.24) is 5.32 Å². The van der Waals surface area contributed by atoms with Gasteiger partial charge in [-0.25, -0.2) is 4.99 Å². The molecule has 126 valence electrons. The lowest BCUT2D eigenvalue weighted by atomic mass is 10.1. The van der Waals surface area contributed by atoms with Crippen LogP contribution in [0, 0.1) is 0 Å². The number of hydrogen-bond donors (Lipinski definition) is 1. The van der Waals surface area contributed by atoms with E-state index in [-0.39, 0.29) is 5.91 Å². The largest absolute Gasteiger partial charge is 0.351 e. The molecule has 1 aliphatic heterocycles. The van der Waals surface area contributed by atoms with Gasteiger partial charge >= 0.3 is 0 Å². The minimum absolute atomic E-state index is 0.0585. The van der Waals surface area contributed by atoms with Gasteiger partial charge in [0, 0.05) is 13.3 Å². The molecule has 1 amide bonds. The summed E-state index contributed by atoms with van der Waals surface area (Å²) in [7, 11) is 0. The first-order valence-corrected chi connectivity index (χ1v) is 8.91. The summed E-state index contributed by atoms with van der Waals surface area (Å²) in [6.07, 6.45) is 14.4. The SMILES string of the molecule is CCCC/C=C/CCCC1N=CC[N+]1(CC)CCNC(C)=O. The van der Waals surface area contributed by atoms with Crippen LogP contribution in [0.1, 0.15) is 59.3 Å². The Kier molecular flexibility index (Phi) is 9.05. The molecule has 1 rings (SSSR count). The van der Waals surface area contributed by atoms with Gasteiger partial charge in [-0.05, 0) is 26.2 Å². The zero-order chi connectivity index (χ0) is 16.3. The summed E-state index contributed by atoms with van der Waals surface area (Å²) >= 11 is 0. The number of carbonyl (C=O) groups excluding carboxylic acids is 1. The van der Waals surface area contributed by atoms with Gasteiger partial charge in [0.15, 0.2) is 6.17 Å². The average Bonchev–Trinajstić information content (AvgIpc) is 2.89. The fraction of sp³-hybridized carbons (Fsp3) is 0.778. The molecule has 0 radical (unpaired) electrons. The molecule has 2 atom stereocenters. The summed E-state index contributed by atoms with van der Waals surface area (Å²) in [5.74, 6) is 0.0585. The van der Waals surface area contributed by atoms with Crippen molar-refractivity contribution in [1.29, 1.82) is 0 Å². The Morgan fingerprint density at radius 3 is 2.68 bits per heavy atom. The molecule has 1 aliphatic rings. The molecule has 0 aromatic rings. The Balaban J connectivity index is 2.34. The molecule has 1 N–H and O–H groups in total. The third kappa shape index (κ3) is 6.30. The van der Waals surface area contributed by atoms with Gasteiger partial charge in [0.25, 0.3) is 0 Å². The summed E-state index contributed by atoms with van der Waals surface area (Å²) < 4.78 is 1.000. The lowest BCUT2D eigenvalue weighted by Crippen LogP contribution is -2.55. The molecule has 0 saturated heterocycles. The van der Waals surface area contributed by atoms with E-state index >= 15 is 0 Å². The number of likely N-dealkylation sites (N-methyl/N-ethyl adjacent to an activating group) is 1. The number of aliphatic imine (C=N–C) groups is 1. The highest BCUT2D eigenvalue weighted by Gasteiger charge is 2.37. The number of amides is 1. The van der Waals surface area contributed by atoms with Crippen molar-refractivity contribution in [3.8, 4) is 0 Å². The van der Waals surface area contributed by atoms with Crippen molar-refractivity contribution in [2.75, 3.05) is 26.2 Å². The lowest BCUT2D eigenvalue weighted by molar-refractivity contribution is -0.935. The molecular formula is C18H34N3O+. The fourth-order valence-electron chi connectivity index (χ4n) is 3.11. The molecule has 0 aromatic carbocycles. The molecule has 4 heteroatoms. The molecule has 22 heavy (non-hydrogen) atoms. The highest BCUT2D eigenvalue weighted by atomic mass is 16.1. The van der Waals surface area contributed by atoms with E-state index in [0.717, 1.165) is 43.5 Å². The normalized spacial score (nSPS) is 24.2. The van der Waals surface area contributed by atoms with Crippen LogP contribution in [0.25, 0.3) is 0 Å². The first-order valence-electron chi connectivity index (χ1n) is 8.91. The van der Waals surface area contributed by atoms with E-state index in [4.69, 9.17) is 4.99 Å². The number of allylic oxidation sites excluding steroid dienone is 2. The smallest absolute Gasteiger partial charge is 0.217 e. The molecular weight excluding hydrogens is 274 g/mol. The molecule has 0 spiro atoms. The number of hydrogen-bond acceptors (Lipinski definition) is 2. The zero-order valence-corrected chi connectivity index (χ0v) is 14.7. The molecule has 0 fully saturated rings. The van der Waals surface area contributed by atoms with Crippen LogP contribution < -0.4 is 5.32 Å². The first kappa shape index (κ1) is 18.9. The van der Waals surface area contributed by atoms with Crippen molar-refractivity contribution in [3.63, 3.8) is 0 Å². The molecule has 4 nitrogen and oxygen atoms in total. The highest BCUT2D eigenvalue weighted by molar-refractivity contribution is 5.72. The van der Waals surface area contributed by atoms with E-state index in [9.17, 15) is 4.79 Å². The van der Waals surface area contributed by atoms with E-state index < -0.39 is 0 Å². The van der Waals surface area contributed by atoms with Crippen LogP contribution in [-0.2, 0) is 4.79 Å². The summed E-state index contributed by atoms with van der Waals surface area (Å²) in [4.78, 5) is 15.8. The Bertz CT molecular complexity index is 379. The standard InChI is InChI=1S/C18H33N3O/c1-4-6-7-8-9-10-11-12-18-20-14-16-21(18,5-2)15-13-19-17(3)22/h8-9,14,18H,4-7,10-13,15-16H2,1-3H3/p+1/b9-8+. The van der Waals surface area contributed by atoms with E-state index in [1.807, 2.05) is 0 Å². The maximum Gasteiger partial charge on any atom is 0.217 e. The predicted octanol–water partition coefficient (Wildman–Crippen LogP) is 3.29. The van der Waals surface area contributed by atoms with Crippen LogP contribution in [0.5, 0.6) is 0 Å². The second-order valence-electron chi connectivity index (χ2n) is 6.28. The van der Waals surface area contributed by atoms with Crippen LogP contribution in [0.15, 0.2) is 17.1 Å². The van der Waals surface area contributed by atoms with Gasteiger partial charge in [-0.1, -0.05) is 31.9 Å². The van der Waals surface area contributed by atoms with E-state index in [0.29, 0.717) is 6.17 Å². The average molecular weight is 308 g/mol. The Morgan fingerprint density at radius 1 is 1.32 bits per heavy atom. The molecule has 0 saturated carbocycles. The van der Waals surface area contributed by atoms with Crippen LogP contribution in [0.3, 0.4) is 0 Å². The molecule has 0 aliphatic carbocycles. The monoisotopic (exact) mass is 308 g/mol. The Hall–Kier alpha value is -1.16. The van der Waals surface area contributed by atoms with Gasteiger partial charge in [0.1, 0.15) is 6.54 Å². The number of quaternary nitrogens is 1. The topological polar surface area (TPSA) is 41.5 Å². The van der Waals surface area contributed by atoms with Gasteiger partial charge in [0.2, 0.25) is 5.91 Å². The maximum atomic E-state index is 11.1. The van der Waals surface area contributed by atoms with Crippen LogP contribution >= 0.6 is 0 Å². The lowest BCUT2D eigenvalue weighted by Gasteiger charge is -2.38. The Morgan fingerprint density at radius 2 is 2.05 bits per heavy atom. The van der Waals surface area contributed by atoms with E-state index in [2.05, 4.69) is 37.5 Å². The third-order valence-electron chi connectivity index (χ3n) is 4.64. The fourth-order valence-corrected chi connectivity index (χ4v) is 3.11. The summed E-state index contributed by atoms with van der Waals surface area (Å²) in [6, 6.07) is 0. The van der Waals surface area contributed by atoms with Crippen molar-refractivity contribution >= 4 is 12.1 Å². The van der Waals surface area contributed by atoms with Crippen molar-refractivity contribution in [2.45, 2.75) is 65.5 Å².